The number of amides is 7. The van der Waals surface area contributed by atoms with Crippen LogP contribution in [0.15, 0.2) is 78.9 Å². The van der Waals surface area contributed by atoms with Crippen molar-refractivity contribution in [3.05, 3.63) is 95.6 Å². The molecule has 7 amide bonds. The van der Waals surface area contributed by atoms with E-state index in [1.807, 2.05) is 48.5 Å². The Hall–Kier alpha value is -7.55. The van der Waals surface area contributed by atoms with Crippen LogP contribution < -0.4 is 37.6 Å². The van der Waals surface area contributed by atoms with Crippen LogP contribution in [0.4, 0.5) is 9.59 Å². The summed E-state index contributed by atoms with van der Waals surface area (Å²) >= 11 is 0. The molecule has 0 heterocycles. The van der Waals surface area contributed by atoms with E-state index in [-0.39, 0.29) is 44.8 Å². The second kappa shape index (κ2) is 25.4. The molecule has 21 nitrogen and oxygen atoms in total. The number of benzene rings is 3. The van der Waals surface area contributed by atoms with Crippen molar-refractivity contribution in [2.75, 3.05) is 19.8 Å². The minimum Gasteiger partial charge on any atom is -0.481 e. The Morgan fingerprint density at radius 1 is 0.632 bits per heavy atom. The first-order valence-corrected chi connectivity index (χ1v) is 21.9. The van der Waals surface area contributed by atoms with Crippen molar-refractivity contribution in [1.29, 1.82) is 0 Å². The van der Waals surface area contributed by atoms with Crippen LogP contribution in [0.2, 0.25) is 0 Å². The number of alkyl carbamates (subject to hydrolysis) is 2. The summed E-state index contributed by atoms with van der Waals surface area (Å²) < 4.78 is 10.7. The molecular formula is C47H59N7O14. The summed E-state index contributed by atoms with van der Waals surface area (Å²) in [4.78, 5) is 116. The highest BCUT2D eigenvalue weighted by atomic mass is 16.6. The van der Waals surface area contributed by atoms with Crippen molar-refractivity contribution >= 4 is 53.7 Å². The lowest BCUT2D eigenvalue weighted by Gasteiger charge is -2.26. The number of carboxylic acids is 2. The number of aliphatic hydroxyl groups excluding tert-OH is 1. The van der Waals surface area contributed by atoms with Crippen LogP contribution in [-0.2, 0) is 49.5 Å². The predicted octanol–water partition coefficient (Wildman–Crippen LogP) is 1.59. The van der Waals surface area contributed by atoms with Crippen molar-refractivity contribution in [2.45, 2.75) is 107 Å². The Kier molecular flexibility index (Phi) is 19.8. The van der Waals surface area contributed by atoms with Gasteiger partial charge >= 0.3 is 24.1 Å². The first kappa shape index (κ1) is 53.1. The second-order valence-electron chi connectivity index (χ2n) is 17.0. The smallest absolute Gasteiger partial charge is 0.407 e. The molecule has 0 spiro atoms. The quantitative estimate of drug-likeness (QED) is 0.0540. The molecule has 366 valence electrons. The van der Waals surface area contributed by atoms with Crippen LogP contribution in [0, 0.1) is 0 Å². The number of rotatable bonds is 25. The van der Waals surface area contributed by atoms with Crippen LogP contribution in [0.3, 0.4) is 0 Å². The normalized spacial score (nSPS) is 13.9. The highest BCUT2D eigenvalue weighted by molar-refractivity contribution is 5.97. The number of nitrogens with one attached hydrogen (secondary N) is 6. The standard InChI is InChI=1S/C47H59N7O14/c1-47(2,3)68-45(65)49-22-12-11-19-33(40(59)51-34(20-21-39(57)58)41(60)53-36(44(63)64)23-27-13-5-4-6-14-27)50-42(61)35(24-38(48)56)52-43(62)37(25-55)54-46(66)67-26-32-30-17-9-7-15-28(30)29-16-8-10-18-31(29)32/h4-10,13-18,32-37,55H,11-12,19-26H2,1-3H3,(H2,48,56)(H,49,65)(H,50,61)(H,51,59)(H,52,62)(H,53,60)(H,54,66)(H,57,58)(H,63,64)/t33-,34-,35-,36-,37-/m0/s1. The van der Waals surface area contributed by atoms with Gasteiger partial charge in [0.25, 0.3) is 0 Å². The first-order chi connectivity index (χ1) is 32.3. The number of primary amides is 1. The molecule has 0 saturated carbocycles. The molecule has 68 heavy (non-hydrogen) atoms. The summed E-state index contributed by atoms with van der Waals surface area (Å²) in [5.74, 6) is -8.48. The molecular weight excluding hydrogens is 887 g/mol. The average molecular weight is 946 g/mol. The lowest BCUT2D eigenvalue weighted by molar-refractivity contribution is -0.143. The van der Waals surface area contributed by atoms with E-state index in [1.54, 1.807) is 51.1 Å². The van der Waals surface area contributed by atoms with E-state index in [9.17, 15) is 58.5 Å². The second-order valence-corrected chi connectivity index (χ2v) is 17.0. The number of carboxylic acid groups (broad SMARTS) is 2. The Morgan fingerprint density at radius 2 is 1.15 bits per heavy atom. The molecule has 0 bridgehead atoms. The third-order valence-electron chi connectivity index (χ3n) is 10.6. The Bertz CT molecular complexity index is 2240. The molecule has 21 heteroatoms. The number of carbonyl (C=O) groups is 9. The number of nitrogens with two attached hydrogens (primary N) is 1. The number of unbranched alkanes of at least 4 members (excludes halogenated alkanes) is 1. The third-order valence-corrected chi connectivity index (χ3v) is 10.6. The van der Waals surface area contributed by atoms with Gasteiger partial charge in [0.1, 0.15) is 42.4 Å². The van der Waals surface area contributed by atoms with Gasteiger partial charge in [-0.15, -0.1) is 0 Å². The van der Waals surface area contributed by atoms with Crippen LogP contribution in [0.25, 0.3) is 11.1 Å². The van der Waals surface area contributed by atoms with Crippen molar-refractivity contribution in [2.24, 2.45) is 5.73 Å². The lowest BCUT2D eigenvalue weighted by Crippen LogP contribution is -2.59. The van der Waals surface area contributed by atoms with Crippen molar-refractivity contribution in [1.82, 2.24) is 31.9 Å². The number of aliphatic hydroxyl groups is 1. The number of aliphatic carboxylic acids is 2. The highest BCUT2D eigenvalue weighted by Crippen LogP contribution is 2.44. The maximum absolute atomic E-state index is 14.0. The lowest BCUT2D eigenvalue weighted by atomic mass is 9.98. The van der Waals surface area contributed by atoms with Gasteiger partial charge in [-0.25, -0.2) is 14.4 Å². The van der Waals surface area contributed by atoms with E-state index in [0.29, 0.717) is 5.56 Å². The summed E-state index contributed by atoms with van der Waals surface area (Å²) in [6, 6.07) is 15.4. The average Bonchev–Trinajstić information content (AvgIpc) is 3.60. The fourth-order valence-electron chi connectivity index (χ4n) is 7.31. The predicted molar refractivity (Wildman–Crippen MR) is 243 cm³/mol. The highest BCUT2D eigenvalue weighted by Gasteiger charge is 2.34. The van der Waals surface area contributed by atoms with Gasteiger partial charge in [-0.3, -0.25) is 28.8 Å². The zero-order valence-corrected chi connectivity index (χ0v) is 38.0. The monoisotopic (exact) mass is 945 g/mol. The summed E-state index contributed by atoms with van der Waals surface area (Å²) in [6.45, 7) is 3.99. The van der Waals surface area contributed by atoms with Crippen LogP contribution in [0.5, 0.6) is 0 Å². The molecule has 3 aromatic rings. The Morgan fingerprint density at radius 3 is 1.69 bits per heavy atom. The number of hydrogen-bond acceptors (Lipinski definition) is 12. The first-order valence-electron chi connectivity index (χ1n) is 21.9. The van der Waals surface area contributed by atoms with E-state index >= 15 is 0 Å². The fourth-order valence-corrected chi connectivity index (χ4v) is 7.31. The van der Waals surface area contributed by atoms with Gasteiger partial charge in [0.2, 0.25) is 29.5 Å². The van der Waals surface area contributed by atoms with Crippen LogP contribution in [-0.4, -0.2) is 125 Å². The van der Waals surface area contributed by atoms with Gasteiger partial charge in [-0.05, 0) is 74.3 Å². The van der Waals surface area contributed by atoms with E-state index in [4.69, 9.17) is 15.2 Å². The number of carbonyl (C=O) groups excluding carboxylic acids is 7. The molecule has 0 saturated heterocycles. The summed E-state index contributed by atoms with van der Waals surface area (Å²) in [6.07, 6.45) is -3.73. The Balaban J connectivity index is 1.48. The van der Waals surface area contributed by atoms with Crippen molar-refractivity contribution in [3.63, 3.8) is 0 Å². The number of hydrogen-bond donors (Lipinski definition) is 10. The molecule has 0 fully saturated rings. The molecule has 0 unspecified atom stereocenters. The molecule has 11 N–H and O–H groups in total. The van der Waals surface area contributed by atoms with Gasteiger partial charge in [0.05, 0.1) is 13.0 Å². The fraction of sp³-hybridized carbons (Fsp3) is 0.426. The molecule has 0 aromatic heterocycles. The molecule has 0 radical (unpaired) electrons. The zero-order chi connectivity index (χ0) is 50.0. The molecule has 5 atom stereocenters. The van der Waals surface area contributed by atoms with Crippen molar-refractivity contribution < 1.29 is 67.9 Å². The van der Waals surface area contributed by atoms with Gasteiger partial charge in [-0.2, -0.15) is 0 Å². The van der Waals surface area contributed by atoms with E-state index in [1.165, 1.54) is 0 Å². The summed E-state index contributed by atoms with van der Waals surface area (Å²) in [5, 5.41) is 43.7. The van der Waals surface area contributed by atoms with Crippen molar-refractivity contribution in [3.8, 4) is 11.1 Å². The van der Waals surface area contributed by atoms with Gasteiger partial charge in [-0.1, -0.05) is 78.9 Å². The molecule has 0 aliphatic heterocycles. The number of fused-ring (bicyclic) bond motifs is 3. The third kappa shape index (κ3) is 16.7. The number of ether oxygens (including phenoxy) is 2. The summed E-state index contributed by atoms with van der Waals surface area (Å²) in [5.41, 5.74) is 9.01. The topological polar surface area (TPSA) is 331 Å². The Labute approximate surface area is 392 Å². The van der Waals surface area contributed by atoms with Crippen LogP contribution in [0.1, 0.15) is 81.9 Å². The van der Waals surface area contributed by atoms with Gasteiger partial charge < -0.3 is 62.4 Å². The zero-order valence-electron chi connectivity index (χ0n) is 38.0. The minimum atomic E-state index is -1.79. The maximum atomic E-state index is 14.0. The van der Waals surface area contributed by atoms with Gasteiger partial charge in [0, 0.05) is 25.3 Å². The molecule has 4 rings (SSSR count). The summed E-state index contributed by atoms with van der Waals surface area (Å²) in [7, 11) is 0. The largest absolute Gasteiger partial charge is 0.481 e. The van der Waals surface area contributed by atoms with Crippen LogP contribution >= 0.6 is 0 Å². The SMILES string of the molecule is CC(C)(C)OC(=O)NCCCC[C@H](NC(=O)[C@H](CC(N)=O)NC(=O)[C@H](CO)NC(=O)OCC1c2ccccc2-c2ccccc21)C(=O)N[C@@H](CCC(=O)O)C(=O)N[C@@H](Cc1ccccc1)C(=O)O. The molecule has 3 aromatic carbocycles. The van der Waals surface area contributed by atoms with Gasteiger partial charge in [0.15, 0.2) is 0 Å². The molecule has 1 aliphatic rings. The van der Waals surface area contributed by atoms with E-state index in [2.05, 4.69) is 31.9 Å². The minimum absolute atomic E-state index is 0.0679. The van der Waals surface area contributed by atoms with E-state index in [0.717, 1.165) is 22.3 Å². The molecule has 1 aliphatic carbocycles. The maximum Gasteiger partial charge on any atom is 0.407 e. The van der Waals surface area contributed by atoms with E-state index < -0.39 is 115 Å².